The summed E-state index contributed by atoms with van der Waals surface area (Å²) in [5.74, 6) is 0. The van der Waals surface area contributed by atoms with Gasteiger partial charge in [-0.25, -0.2) is 0 Å². The highest BCUT2D eigenvalue weighted by molar-refractivity contribution is 6.12. The molecule has 2 heterocycles. The molecule has 0 aliphatic carbocycles. The molecule has 22 heavy (non-hydrogen) atoms. The van der Waals surface area contributed by atoms with Gasteiger partial charge in [0.05, 0.1) is 25.0 Å². The molecule has 4 heteroatoms. The van der Waals surface area contributed by atoms with E-state index in [9.17, 15) is 10.2 Å². The maximum atomic E-state index is 9.84. The number of hydrogen-bond donors (Lipinski definition) is 2. The van der Waals surface area contributed by atoms with Crippen LogP contribution in [-0.4, -0.2) is 46.2 Å². The van der Waals surface area contributed by atoms with Crippen molar-refractivity contribution >= 4 is 5.71 Å². The molecule has 4 nitrogen and oxygen atoms in total. The summed E-state index contributed by atoms with van der Waals surface area (Å²) in [6.07, 6.45) is -0.285. The first-order valence-electron chi connectivity index (χ1n) is 7.53. The van der Waals surface area contributed by atoms with Crippen molar-refractivity contribution in [3.63, 3.8) is 0 Å². The second-order valence-electron chi connectivity index (χ2n) is 5.74. The fourth-order valence-electron chi connectivity index (χ4n) is 3.81. The van der Waals surface area contributed by atoms with E-state index < -0.39 is 5.54 Å². The summed E-state index contributed by atoms with van der Waals surface area (Å²) in [7, 11) is 0. The molecule has 2 N–H and O–H groups in total. The normalized spacial score (nSPS) is 32.5. The maximum Gasteiger partial charge on any atom is 0.127 e. The summed E-state index contributed by atoms with van der Waals surface area (Å²) in [5.41, 5.74) is 2.69. The molecule has 4 unspecified atom stereocenters. The van der Waals surface area contributed by atoms with Gasteiger partial charge in [-0.1, -0.05) is 60.7 Å². The Morgan fingerprint density at radius 2 is 1.55 bits per heavy atom. The topological polar surface area (TPSA) is 55.8 Å². The quantitative estimate of drug-likeness (QED) is 0.838. The molecule has 2 aromatic rings. The summed E-state index contributed by atoms with van der Waals surface area (Å²) in [6.45, 7) is 0.0126. The molecule has 4 rings (SSSR count). The number of hydrogen-bond acceptors (Lipinski definition) is 4. The lowest BCUT2D eigenvalue weighted by atomic mass is 9.86. The fraction of sp³-hybridized carbons (Fsp3) is 0.278. The Balaban J connectivity index is 1.88. The third-order valence-electron chi connectivity index (χ3n) is 4.72. The van der Waals surface area contributed by atoms with Crippen LogP contribution in [-0.2, 0) is 5.54 Å². The van der Waals surface area contributed by atoms with Crippen LogP contribution in [0.25, 0.3) is 0 Å². The van der Waals surface area contributed by atoms with Crippen LogP contribution < -0.4 is 0 Å². The first-order valence-corrected chi connectivity index (χ1v) is 7.53. The van der Waals surface area contributed by atoms with Crippen molar-refractivity contribution in [1.82, 2.24) is 4.90 Å². The largest absolute Gasteiger partial charge is 0.395 e. The lowest BCUT2D eigenvalue weighted by Crippen LogP contribution is -2.26. The summed E-state index contributed by atoms with van der Waals surface area (Å²) >= 11 is 0. The van der Waals surface area contributed by atoms with Crippen LogP contribution >= 0.6 is 0 Å². The highest BCUT2D eigenvalue weighted by Crippen LogP contribution is 2.57. The molecule has 2 aliphatic rings. The third-order valence-corrected chi connectivity index (χ3v) is 4.72. The van der Waals surface area contributed by atoms with Crippen LogP contribution in [0.1, 0.15) is 11.1 Å². The van der Waals surface area contributed by atoms with Gasteiger partial charge < -0.3 is 10.2 Å². The van der Waals surface area contributed by atoms with Crippen LogP contribution in [0.3, 0.4) is 0 Å². The van der Waals surface area contributed by atoms with E-state index in [4.69, 9.17) is 4.99 Å². The Labute approximate surface area is 129 Å². The number of fused-ring (bicyclic) bond motifs is 1. The van der Waals surface area contributed by atoms with Gasteiger partial charge in [0.15, 0.2) is 0 Å². The lowest BCUT2D eigenvalue weighted by molar-refractivity contribution is 0.188. The minimum atomic E-state index is -0.412. The highest BCUT2D eigenvalue weighted by Gasteiger charge is 2.71. The summed E-state index contributed by atoms with van der Waals surface area (Å²) in [5, 5.41) is 19.5. The molecule has 0 aromatic heterocycles. The predicted octanol–water partition coefficient (Wildman–Crippen LogP) is 1.38. The van der Waals surface area contributed by atoms with Crippen molar-refractivity contribution in [2.24, 2.45) is 4.99 Å². The SMILES string of the molecule is OCC1N=C(c2ccccc2)C2(c3ccccc3)C(CO)N12. The maximum absolute atomic E-state index is 9.84. The van der Waals surface area contributed by atoms with E-state index in [1.807, 2.05) is 48.5 Å². The van der Waals surface area contributed by atoms with Crippen LogP contribution in [0.15, 0.2) is 65.7 Å². The molecule has 1 fully saturated rings. The molecule has 0 spiro atoms. The van der Waals surface area contributed by atoms with E-state index >= 15 is 0 Å². The number of aliphatic hydroxyl groups is 2. The minimum absolute atomic E-state index is 0.0280. The van der Waals surface area contributed by atoms with Gasteiger partial charge in [-0.2, -0.15) is 0 Å². The zero-order valence-electron chi connectivity index (χ0n) is 12.1. The van der Waals surface area contributed by atoms with Crippen LogP contribution in [0.2, 0.25) is 0 Å². The van der Waals surface area contributed by atoms with Gasteiger partial charge in [-0.3, -0.25) is 9.89 Å². The molecular weight excluding hydrogens is 276 g/mol. The summed E-state index contributed by atoms with van der Waals surface area (Å²) in [4.78, 5) is 6.85. The van der Waals surface area contributed by atoms with Crippen molar-refractivity contribution < 1.29 is 10.2 Å². The second kappa shape index (κ2) is 5.02. The highest BCUT2D eigenvalue weighted by atomic mass is 16.3. The molecule has 2 aliphatic heterocycles. The molecule has 0 saturated carbocycles. The zero-order valence-corrected chi connectivity index (χ0v) is 12.1. The van der Waals surface area contributed by atoms with Gasteiger partial charge in [-0.05, 0) is 11.1 Å². The molecule has 112 valence electrons. The Bertz CT molecular complexity index is 702. The van der Waals surface area contributed by atoms with Gasteiger partial charge >= 0.3 is 0 Å². The molecule has 0 radical (unpaired) electrons. The van der Waals surface area contributed by atoms with Gasteiger partial charge in [0.25, 0.3) is 0 Å². The van der Waals surface area contributed by atoms with Crippen molar-refractivity contribution in [3.8, 4) is 0 Å². The van der Waals surface area contributed by atoms with Crippen LogP contribution in [0.5, 0.6) is 0 Å². The molecule has 2 aromatic carbocycles. The fourth-order valence-corrected chi connectivity index (χ4v) is 3.81. The number of aliphatic imine (C=N–C) groups is 1. The number of aliphatic hydroxyl groups excluding tert-OH is 2. The van der Waals surface area contributed by atoms with E-state index in [0.29, 0.717) is 0 Å². The average Bonchev–Trinajstić information content (AvgIpc) is 3.15. The smallest absolute Gasteiger partial charge is 0.127 e. The van der Waals surface area contributed by atoms with Gasteiger partial charge in [0.1, 0.15) is 11.7 Å². The predicted molar refractivity (Wildman–Crippen MR) is 84.7 cm³/mol. The van der Waals surface area contributed by atoms with Gasteiger partial charge in [0, 0.05) is 0 Å². The zero-order chi connectivity index (χ0) is 15.2. The summed E-state index contributed by atoms with van der Waals surface area (Å²) in [6, 6.07) is 20.1. The Kier molecular flexibility index (Phi) is 3.11. The number of benzene rings is 2. The molecular formula is C18H18N2O2. The first kappa shape index (κ1) is 13.6. The molecule has 0 amide bonds. The van der Waals surface area contributed by atoms with E-state index in [2.05, 4.69) is 17.0 Å². The van der Waals surface area contributed by atoms with E-state index in [1.54, 1.807) is 0 Å². The van der Waals surface area contributed by atoms with Crippen LogP contribution in [0.4, 0.5) is 0 Å². The standard InChI is InChI=1S/C18H18N2O2/c21-11-15-18(14-9-5-2-6-10-14)17(13-7-3-1-4-8-13)19-16(12-22)20(15)18/h1-10,15-16,21-22H,11-12H2. The van der Waals surface area contributed by atoms with E-state index in [0.717, 1.165) is 16.8 Å². The Hall–Kier alpha value is -2.01. The molecule has 1 saturated heterocycles. The van der Waals surface area contributed by atoms with E-state index in [-0.39, 0.29) is 25.4 Å². The van der Waals surface area contributed by atoms with Gasteiger partial charge in [-0.15, -0.1) is 0 Å². The number of rotatable bonds is 4. The number of nitrogens with zero attached hydrogens (tertiary/aromatic N) is 2. The molecule has 0 bridgehead atoms. The molecule has 4 atom stereocenters. The van der Waals surface area contributed by atoms with Gasteiger partial charge in [0.2, 0.25) is 0 Å². The summed E-state index contributed by atoms with van der Waals surface area (Å²) < 4.78 is 0. The van der Waals surface area contributed by atoms with E-state index in [1.165, 1.54) is 0 Å². The Morgan fingerprint density at radius 3 is 2.14 bits per heavy atom. The third kappa shape index (κ3) is 1.66. The monoisotopic (exact) mass is 294 g/mol. The lowest BCUT2D eigenvalue weighted by Gasteiger charge is -2.17. The van der Waals surface area contributed by atoms with Crippen molar-refractivity contribution in [2.45, 2.75) is 17.7 Å². The van der Waals surface area contributed by atoms with Crippen molar-refractivity contribution in [2.75, 3.05) is 13.2 Å². The Morgan fingerprint density at radius 1 is 0.909 bits per heavy atom. The first-order chi connectivity index (χ1) is 10.8. The minimum Gasteiger partial charge on any atom is -0.395 e. The second-order valence-corrected chi connectivity index (χ2v) is 5.74. The van der Waals surface area contributed by atoms with Crippen molar-refractivity contribution in [3.05, 3.63) is 71.8 Å². The van der Waals surface area contributed by atoms with Crippen LogP contribution in [0, 0.1) is 0 Å². The van der Waals surface area contributed by atoms with Crippen molar-refractivity contribution in [1.29, 1.82) is 0 Å². The average molecular weight is 294 g/mol.